The molecule has 1 aliphatic heterocycles. The maximum atomic E-state index is 13.1. The first-order valence-corrected chi connectivity index (χ1v) is 12.2. The average molecular weight is 457 g/mol. The van der Waals surface area contributed by atoms with Crippen LogP contribution in [-0.4, -0.2) is 29.3 Å². The molecule has 3 aromatic rings. The summed E-state index contributed by atoms with van der Waals surface area (Å²) >= 11 is 0. The summed E-state index contributed by atoms with van der Waals surface area (Å²) in [5.74, 6) is 1.91. The fourth-order valence-electron chi connectivity index (χ4n) is 4.70. The summed E-state index contributed by atoms with van der Waals surface area (Å²) in [5.41, 5.74) is 3.48. The van der Waals surface area contributed by atoms with Gasteiger partial charge in [0.25, 0.3) is 5.91 Å². The topological polar surface area (TPSA) is 71.8 Å². The molecule has 0 radical (unpaired) electrons. The van der Waals surface area contributed by atoms with Crippen molar-refractivity contribution in [3.8, 4) is 5.75 Å². The summed E-state index contributed by atoms with van der Waals surface area (Å²) in [6, 6.07) is 20.0. The van der Waals surface area contributed by atoms with Gasteiger partial charge in [-0.1, -0.05) is 36.4 Å². The van der Waals surface area contributed by atoms with Gasteiger partial charge in [-0.05, 0) is 73.1 Å². The van der Waals surface area contributed by atoms with E-state index in [0.717, 1.165) is 55.5 Å². The molecule has 1 N–H and O–H groups in total. The monoisotopic (exact) mass is 456 g/mol. The number of hydrogen-bond acceptors (Lipinski definition) is 4. The van der Waals surface area contributed by atoms with Crippen molar-refractivity contribution in [1.29, 1.82) is 0 Å². The molecule has 6 heteroatoms. The van der Waals surface area contributed by atoms with E-state index in [9.17, 15) is 9.59 Å². The minimum absolute atomic E-state index is 0.108. The van der Waals surface area contributed by atoms with E-state index in [1.165, 1.54) is 5.56 Å². The minimum atomic E-state index is -0.173. The zero-order valence-corrected chi connectivity index (χ0v) is 19.0. The quantitative estimate of drug-likeness (QED) is 0.563. The molecule has 0 saturated heterocycles. The second-order valence-corrected chi connectivity index (χ2v) is 9.53. The van der Waals surface area contributed by atoms with Crippen LogP contribution in [0, 0.1) is 5.92 Å². The Kier molecular flexibility index (Phi) is 5.36. The fraction of sp³-hybridized carbons (Fsp3) is 0.357. The molecule has 34 heavy (non-hydrogen) atoms. The zero-order valence-electron chi connectivity index (χ0n) is 19.0. The van der Waals surface area contributed by atoms with Crippen LogP contribution in [0.5, 0.6) is 5.75 Å². The number of ether oxygens (including phenoxy) is 1. The fourth-order valence-corrected chi connectivity index (χ4v) is 4.70. The van der Waals surface area contributed by atoms with E-state index in [1.807, 2.05) is 24.3 Å². The highest BCUT2D eigenvalue weighted by Crippen LogP contribution is 2.41. The van der Waals surface area contributed by atoms with E-state index in [2.05, 4.69) is 34.5 Å². The van der Waals surface area contributed by atoms with Gasteiger partial charge in [0.15, 0.2) is 5.76 Å². The Morgan fingerprint density at radius 2 is 1.82 bits per heavy atom. The van der Waals surface area contributed by atoms with Crippen molar-refractivity contribution in [2.45, 2.75) is 50.8 Å². The van der Waals surface area contributed by atoms with Crippen LogP contribution < -0.4 is 10.1 Å². The van der Waals surface area contributed by atoms with E-state index in [1.54, 1.807) is 12.1 Å². The number of amides is 2. The lowest BCUT2D eigenvalue weighted by Crippen LogP contribution is -2.41. The van der Waals surface area contributed by atoms with Crippen molar-refractivity contribution in [1.82, 2.24) is 10.2 Å². The molecule has 2 heterocycles. The van der Waals surface area contributed by atoms with Crippen molar-refractivity contribution in [2.24, 2.45) is 5.92 Å². The number of benzene rings is 2. The Morgan fingerprint density at radius 3 is 2.59 bits per heavy atom. The van der Waals surface area contributed by atoms with Crippen molar-refractivity contribution in [2.75, 3.05) is 6.54 Å². The largest absolute Gasteiger partial charge is 0.486 e. The average Bonchev–Trinajstić information content (AvgIpc) is 3.81. The first-order valence-electron chi connectivity index (χ1n) is 12.2. The number of nitrogens with one attached hydrogen (secondary N) is 1. The summed E-state index contributed by atoms with van der Waals surface area (Å²) in [6.07, 6.45) is 4.91. The predicted octanol–water partition coefficient (Wildman–Crippen LogP) is 4.63. The summed E-state index contributed by atoms with van der Waals surface area (Å²) in [7, 11) is 0. The molecular weight excluding hydrogens is 428 g/mol. The van der Waals surface area contributed by atoms with Gasteiger partial charge < -0.3 is 19.4 Å². The van der Waals surface area contributed by atoms with Crippen LogP contribution >= 0.6 is 0 Å². The number of nitrogens with zero attached hydrogens (tertiary/aromatic N) is 1. The maximum Gasteiger partial charge on any atom is 0.287 e. The lowest BCUT2D eigenvalue weighted by Gasteiger charge is -2.38. The van der Waals surface area contributed by atoms with Crippen LogP contribution in [0.15, 0.2) is 65.1 Å². The highest BCUT2D eigenvalue weighted by Gasteiger charge is 2.39. The third-order valence-corrected chi connectivity index (χ3v) is 6.85. The highest BCUT2D eigenvalue weighted by molar-refractivity contribution is 5.91. The van der Waals surface area contributed by atoms with Gasteiger partial charge in [-0.25, -0.2) is 0 Å². The van der Waals surface area contributed by atoms with E-state index in [4.69, 9.17) is 9.15 Å². The third-order valence-electron chi connectivity index (χ3n) is 6.85. The Morgan fingerprint density at radius 1 is 1.00 bits per heavy atom. The molecule has 1 atom stereocenters. The summed E-state index contributed by atoms with van der Waals surface area (Å²) in [5, 5.41) is 2.93. The van der Waals surface area contributed by atoms with Gasteiger partial charge in [0, 0.05) is 18.5 Å². The molecule has 3 aliphatic rings. The Balaban J connectivity index is 1.22. The van der Waals surface area contributed by atoms with Crippen LogP contribution in [0.2, 0.25) is 0 Å². The first kappa shape index (κ1) is 21.0. The molecule has 2 amide bonds. The third kappa shape index (κ3) is 4.32. The van der Waals surface area contributed by atoms with E-state index in [-0.39, 0.29) is 36.4 Å². The van der Waals surface area contributed by atoms with E-state index >= 15 is 0 Å². The van der Waals surface area contributed by atoms with Gasteiger partial charge in [0.1, 0.15) is 18.1 Å². The number of furan rings is 1. The van der Waals surface area contributed by atoms with Gasteiger partial charge in [-0.3, -0.25) is 9.59 Å². The molecule has 0 spiro atoms. The molecule has 2 fully saturated rings. The smallest absolute Gasteiger partial charge is 0.287 e. The van der Waals surface area contributed by atoms with Crippen LogP contribution in [0.3, 0.4) is 0 Å². The molecule has 0 bridgehead atoms. The van der Waals surface area contributed by atoms with Crippen molar-refractivity contribution >= 4 is 11.8 Å². The Bertz CT molecular complexity index is 1210. The number of carbonyl (C=O) groups excluding carboxylic acids is 2. The summed E-state index contributed by atoms with van der Waals surface area (Å²) in [6.45, 7) is 0.969. The maximum absolute atomic E-state index is 13.1. The molecule has 6 nitrogen and oxygen atoms in total. The molecule has 2 aromatic carbocycles. The van der Waals surface area contributed by atoms with Crippen LogP contribution in [0.1, 0.15) is 64.7 Å². The normalized spacial score (nSPS) is 19.4. The van der Waals surface area contributed by atoms with Crippen LogP contribution in [0.4, 0.5) is 0 Å². The molecule has 0 unspecified atom stereocenters. The number of fused-ring (bicyclic) bond motifs is 1. The van der Waals surface area contributed by atoms with Crippen LogP contribution in [0.25, 0.3) is 0 Å². The minimum Gasteiger partial charge on any atom is -0.486 e. The molecule has 1 aromatic heterocycles. The predicted molar refractivity (Wildman–Crippen MR) is 126 cm³/mol. The molecular formula is C28H28N2O4. The lowest BCUT2D eigenvalue weighted by atomic mass is 9.87. The van der Waals surface area contributed by atoms with E-state index in [0.29, 0.717) is 11.5 Å². The summed E-state index contributed by atoms with van der Waals surface area (Å²) in [4.78, 5) is 27.4. The van der Waals surface area contributed by atoms with Crippen molar-refractivity contribution < 1.29 is 18.7 Å². The van der Waals surface area contributed by atoms with Gasteiger partial charge in [-0.15, -0.1) is 0 Å². The first-order chi connectivity index (χ1) is 16.7. The van der Waals surface area contributed by atoms with Crippen molar-refractivity contribution in [3.05, 3.63) is 88.9 Å². The van der Waals surface area contributed by atoms with Gasteiger partial charge >= 0.3 is 0 Å². The van der Waals surface area contributed by atoms with Gasteiger partial charge in [0.2, 0.25) is 5.91 Å². The number of rotatable bonds is 7. The highest BCUT2D eigenvalue weighted by atomic mass is 16.5. The second kappa shape index (κ2) is 8.67. The second-order valence-electron chi connectivity index (χ2n) is 9.53. The zero-order chi connectivity index (χ0) is 23.1. The molecule has 2 aliphatic carbocycles. The lowest BCUT2D eigenvalue weighted by molar-refractivity contribution is -0.134. The Labute approximate surface area is 198 Å². The van der Waals surface area contributed by atoms with E-state index < -0.39 is 0 Å². The summed E-state index contributed by atoms with van der Waals surface area (Å²) < 4.78 is 11.7. The standard InChI is InChI=1S/C28H28N2O4/c31-27(29-21-9-10-21)25-13-12-23(34-25)17-33-22-11-8-18-14-15-30(28(32)20-6-7-20)26(24(18)16-22)19-4-2-1-3-5-19/h1-5,8,11-13,16,20-21,26H,6-7,9-10,14-15,17H2,(H,29,31)/t26-/m0/s1. The molecule has 174 valence electrons. The van der Waals surface area contributed by atoms with Crippen LogP contribution in [-0.2, 0) is 17.8 Å². The molecule has 2 saturated carbocycles. The Hall–Kier alpha value is -3.54. The molecule has 6 rings (SSSR count). The van der Waals surface area contributed by atoms with Crippen molar-refractivity contribution in [3.63, 3.8) is 0 Å². The number of hydrogen-bond donors (Lipinski definition) is 1. The number of carbonyl (C=O) groups is 2. The SMILES string of the molecule is O=C(NC1CC1)c1ccc(COc2ccc3c(c2)[C@H](c2ccccc2)N(C(=O)C2CC2)CC3)o1. The van der Waals surface area contributed by atoms with Gasteiger partial charge in [0.05, 0.1) is 6.04 Å². The van der Waals surface area contributed by atoms with Gasteiger partial charge in [-0.2, -0.15) is 0 Å².